The van der Waals surface area contributed by atoms with Gasteiger partial charge in [-0.1, -0.05) is 28.1 Å². The van der Waals surface area contributed by atoms with E-state index in [0.717, 1.165) is 31.0 Å². The highest BCUT2D eigenvalue weighted by molar-refractivity contribution is 9.10. The molecule has 0 spiro atoms. The number of fused-ring (bicyclic) bond motifs is 1. The number of carboxylic acid groups (broad SMARTS) is 1. The van der Waals surface area contributed by atoms with Gasteiger partial charge in [0.1, 0.15) is 10.8 Å². The van der Waals surface area contributed by atoms with E-state index in [1.54, 1.807) is 18.4 Å². The zero-order valence-corrected chi connectivity index (χ0v) is 17.9. The van der Waals surface area contributed by atoms with Crippen LogP contribution >= 0.6 is 27.3 Å². The summed E-state index contributed by atoms with van der Waals surface area (Å²) < 4.78 is 7.79. The second-order valence-electron chi connectivity index (χ2n) is 6.96. The second kappa shape index (κ2) is 8.19. The molecule has 1 aliphatic heterocycles. The van der Waals surface area contributed by atoms with E-state index < -0.39 is 5.97 Å². The van der Waals surface area contributed by atoms with E-state index in [-0.39, 0.29) is 12.0 Å². The minimum atomic E-state index is -0.698. The predicted molar refractivity (Wildman–Crippen MR) is 114 cm³/mol. The molecule has 28 heavy (non-hydrogen) atoms. The molecule has 0 aliphatic carbocycles. The number of rotatable bonds is 5. The number of aromatic nitrogens is 1. The van der Waals surface area contributed by atoms with Crippen LogP contribution in [-0.4, -0.2) is 41.2 Å². The number of hydrogen-bond acceptors (Lipinski definition) is 5. The molecule has 1 unspecified atom stereocenters. The van der Waals surface area contributed by atoms with E-state index >= 15 is 0 Å². The summed E-state index contributed by atoms with van der Waals surface area (Å²) in [5, 5.41) is 10.4. The molecule has 0 bridgehead atoms. The van der Waals surface area contributed by atoms with Gasteiger partial charge in [0.15, 0.2) is 0 Å². The molecule has 0 saturated carbocycles. The van der Waals surface area contributed by atoms with Gasteiger partial charge in [-0.3, -0.25) is 9.69 Å². The van der Waals surface area contributed by atoms with Crippen LogP contribution in [0.1, 0.15) is 29.5 Å². The standard InChI is InChI=1S/C21H21BrN2O3S/c1-27-17-7-6-14(22)12-15(17)19(24-10-8-13(9-11-24)21(25)26)20-23-16-4-2-3-5-18(16)28-20/h2-7,12-13,19H,8-11H2,1H3,(H,25,26). The van der Waals surface area contributed by atoms with Crippen LogP contribution in [0.15, 0.2) is 46.9 Å². The Morgan fingerprint density at radius 1 is 1.29 bits per heavy atom. The summed E-state index contributed by atoms with van der Waals surface area (Å²) in [4.78, 5) is 18.6. The van der Waals surface area contributed by atoms with Crippen molar-refractivity contribution in [3.05, 3.63) is 57.5 Å². The smallest absolute Gasteiger partial charge is 0.306 e. The van der Waals surface area contributed by atoms with E-state index in [2.05, 4.69) is 33.0 Å². The van der Waals surface area contributed by atoms with Crippen LogP contribution in [0.5, 0.6) is 5.75 Å². The fraction of sp³-hybridized carbons (Fsp3) is 0.333. The van der Waals surface area contributed by atoms with Gasteiger partial charge in [-0.05, 0) is 56.3 Å². The zero-order valence-electron chi connectivity index (χ0n) is 15.5. The molecule has 1 fully saturated rings. The minimum Gasteiger partial charge on any atom is -0.496 e. The van der Waals surface area contributed by atoms with Crippen molar-refractivity contribution in [2.45, 2.75) is 18.9 Å². The molecule has 1 atom stereocenters. The summed E-state index contributed by atoms with van der Waals surface area (Å²) in [7, 11) is 1.68. The van der Waals surface area contributed by atoms with Gasteiger partial charge >= 0.3 is 5.97 Å². The fourth-order valence-electron chi connectivity index (χ4n) is 3.82. The molecule has 0 amide bonds. The van der Waals surface area contributed by atoms with E-state index in [4.69, 9.17) is 9.72 Å². The average molecular weight is 461 g/mol. The largest absolute Gasteiger partial charge is 0.496 e. The predicted octanol–water partition coefficient (Wildman–Crippen LogP) is 4.95. The number of likely N-dealkylation sites (tertiary alicyclic amines) is 1. The lowest BCUT2D eigenvalue weighted by Crippen LogP contribution is -2.39. The van der Waals surface area contributed by atoms with Crippen molar-refractivity contribution in [3.63, 3.8) is 0 Å². The lowest BCUT2D eigenvalue weighted by molar-refractivity contribution is -0.143. The molecule has 1 saturated heterocycles. The van der Waals surface area contributed by atoms with Crippen LogP contribution < -0.4 is 4.74 Å². The van der Waals surface area contributed by atoms with Crippen molar-refractivity contribution in [3.8, 4) is 5.75 Å². The summed E-state index contributed by atoms with van der Waals surface area (Å²) >= 11 is 5.27. The SMILES string of the molecule is COc1ccc(Br)cc1C(c1nc2ccccc2s1)N1CCC(C(=O)O)CC1. The maximum atomic E-state index is 11.4. The summed E-state index contributed by atoms with van der Waals surface area (Å²) in [6.07, 6.45) is 1.29. The average Bonchev–Trinajstić information content (AvgIpc) is 3.12. The molecular formula is C21H21BrN2O3S. The molecule has 3 aromatic rings. The van der Waals surface area contributed by atoms with E-state index in [1.165, 1.54) is 0 Å². The number of methoxy groups -OCH3 is 1. The maximum Gasteiger partial charge on any atom is 0.306 e. The van der Waals surface area contributed by atoms with E-state index in [0.29, 0.717) is 25.9 Å². The van der Waals surface area contributed by atoms with Crippen LogP contribution in [0, 0.1) is 5.92 Å². The lowest BCUT2D eigenvalue weighted by Gasteiger charge is -2.36. The molecule has 4 rings (SSSR count). The molecule has 2 heterocycles. The van der Waals surface area contributed by atoms with Gasteiger partial charge in [0.25, 0.3) is 0 Å². The molecule has 1 aromatic heterocycles. The van der Waals surface area contributed by atoms with Gasteiger partial charge in [0.05, 0.1) is 29.3 Å². The zero-order chi connectivity index (χ0) is 19.7. The van der Waals surface area contributed by atoms with Crippen molar-refractivity contribution >= 4 is 43.5 Å². The minimum absolute atomic E-state index is 0.0698. The summed E-state index contributed by atoms with van der Waals surface area (Å²) in [5.41, 5.74) is 2.03. The Balaban J connectivity index is 1.77. The molecule has 1 aliphatic rings. The third-order valence-corrected chi connectivity index (χ3v) is 6.86. The number of thiazole rings is 1. The van der Waals surface area contributed by atoms with Crippen LogP contribution in [0.4, 0.5) is 0 Å². The second-order valence-corrected chi connectivity index (χ2v) is 8.94. The molecular weight excluding hydrogens is 440 g/mol. The van der Waals surface area contributed by atoms with Gasteiger partial charge < -0.3 is 9.84 Å². The number of para-hydroxylation sites is 1. The number of hydrogen-bond donors (Lipinski definition) is 1. The molecule has 0 radical (unpaired) electrons. The van der Waals surface area contributed by atoms with Crippen molar-refractivity contribution in [2.24, 2.45) is 5.92 Å². The van der Waals surface area contributed by atoms with Gasteiger partial charge in [0, 0.05) is 10.0 Å². The monoisotopic (exact) mass is 460 g/mol. The maximum absolute atomic E-state index is 11.4. The van der Waals surface area contributed by atoms with Crippen LogP contribution in [0.25, 0.3) is 10.2 Å². The Morgan fingerprint density at radius 2 is 2.04 bits per heavy atom. The molecule has 146 valence electrons. The van der Waals surface area contributed by atoms with Crippen molar-refractivity contribution < 1.29 is 14.6 Å². The Morgan fingerprint density at radius 3 is 2.71 bits per heavy atom. The van der Waals surface area contributed by atoms with E-state index in [1.807, 2.05) is 30.3 Å². The van der Waals surface area contributed by atoms with Crippen LogP contribution in [0.3, 0.4) is 0 Å². The number of piperidine rings is 1. The van der Waals surface area contributed by atoms with Gasteiger partial charge in [0.2, 0.25) is 0 Å². The number of benzene rings is 2. The van der Waals surface area contributed by atoms with Crippen molar-refractivity contribution in [1.82, 2.24) is 9.88 Å². The Kier molecular flexibility index (Phi) is 5.66. The third-order valence-electron chi connectivity index (χ3n) is 5.27. The van der Waals surface area contributed by atoms with Gasteiger partial charge in [-0.15, -0.1) is 11.3 Å². The Labute approximate surface area is 176 Å². The topological polar surface area (TPSA) is 62.7 Å². The molecule has 2 aromatic carbocycles. The summed E-state index contributed by atoms with van der Waals surface area (Å²) in [6, 6.07) is 14.1. The first-order valence-corrected chi connectivity index (χ1v) is 10.8. The number of aliphatic carboxylic acids is 1. The Bertz CT molecular complexity index is 965. The van der Waals surface area contributed by atoms with Crippen molar-refractivity contribution in [2.75, 3.05) is 20.2 Å². The third kappa shape index (κ3) is 3.79. The number of ether oxygens (including phenoxy) is 1. The van der Waals surface area contributed by atoms with E-state index in [9.17, 15) is 9.90 Å². The quantitative estimate of drug-likeness (QED) is 0.583. The normalized spacial score (nSPS) is 16.9. The Hall–Kier alpha value is -1.96. The lowest BCUT2D eigenvalue weighted by atomic mass is 9.94. The van der Waals surface area contributed by atoms with Gasteiger partial charge in [-0.25, -0.2) is 4.98 Å². The number of nitrogens with zero attached hydrogens (tertiary/aromatic N) is 2. The summed E-state index contributed by atoms with van der Waals surface area (Å²) in [5.74, 6) is -0.152. The number of carbonyl (C=O) groups is 1. The first-order valence-electron chi connectivity index (χ1n) is 9.22. The number of carboxylic acids is 1. The first kappa shape index (κ1) is 19.4. The molecule has 5 nitrogen and oxygen atoms in total. The number of halogens is 1. The highest BCUT2D eigenvalue weighted by Crippen LogP contribution is 2.41. The van der Waals surface area contributed by atoms with Crippen molar-refractivity contribution in [1.29, 1.82) is 0 Å². The van der Waals surface area contributed by atoms with Crippen LogP contribution in [0.2, 0.25) is 0 Å². The first-order chi connectivity index (χ1) is 13.6. The van der Waals surface area contributed by atoms with Gasteiger partial charge in [-0.2, -0.15) is 0 Å². The summed E-state index contributed by atoms with van der Waals surface area (Å²) in [6.45, 7) is 1.43. The fourth-order valence-corrected chi connectivity index (χ4v) is 5.32. The van der Waals surface area contributed by atoms with Crippen LogP contribution in [-0.2, 0) is 4.79 Å². The highest BCUT2D eigenvalue weighted by Gasteiger charge is 2.33. The highest BCUT2D eigenvalue weighted by atomic mass is 79.9. The molecule has 1 N–H and O–H groups in total. The molecule has 7 heteroatoms.